The molecule has 0 atom stereocenters. The number of carbonyl (C=O) groups is 2. The zero-order valence-electron chi connectivity index (χ0n) is 16.0. The Balaban J connectivity index is 1.37. The molecule has 0 fully saturated rings. The number of fused-ring (bicyclic) bond motifs is 3. The van der Waals surface area contributed by atoms with Gasteiger partial charge < -0.3 is 10.1 Å². The van der Waals surface area contributed by atoms with Gasteiger partial charge >= 0.3 is 6.09 Å². The van der Waals surface area contributed by atoms with Crippen LogP contribution in [0.3, 0.4) is 0 Å². The third kappa shape index (κ3) is 3.81. The first-order valence-corrected chi connectivity index (χ1v) is 9.50. The predicted molar refractivity (Wildman–Crippen MR) is 112 cm³/mol. The highest BCUT2D eigenvalue weighted by Crippen LogP contribution is 2.44. The lowest BCUT2D eigenvalue weighted by molar-refractivity contribution is 0.112. The third-order valence-electron chi connectivity index (χ3n) is 5.05. The van der Waals surface area contributed by atoms with Crippen LogP contribution in [0.4, 0.5) is 9.18 Å². The molecule has 3 aromatic carbocycles. The number of ether oxygens (including phenoxy) is 1. The van der Waals surface area contributed by atoms with Crippen molar-refractivity contribution in [3.8, 4) is 23.0 Å². The minimum Gasteiger partial charge on any atom is -0.449 e. The molecule has 0 unspecified atom stereocenters. The number of carbonyl (C=O) groups excluding carboxylic acids is 2. The fourth-order valence-electron chi connectivity index (χ4n) is 3.67. The fourth-order valence-corrected chi connectivity index (χ4v) is 3.67. The zero-order valence-corrected chi connectivity index (χ0v) is 16.0. The molecule has 5 heteroatoms. The summed E-state index contributed by atoms with van der Waals surface area (Å²) in [6.07, 6.45) is -0.0539. The van der Waals surface area contributed by atoms with Crippen LogP contribution >= 0.6 is 0 Å². The maximum atomic E-state index is 13.8. The molecule has 148 valence electrons. The van der Waals surface area contributed by atoms with Crippen LogP contribution in [0.15, 0.2) is 66.7 Å². The van der Waals surface area contributed by atoms with Gasteiger partial charge in [-0.15, -0.1) is 0 Å². The van der Waals surface area contributed by atoms with E-state index in [1.165, 1.54) is 18.2 Å². The van der Waals surface area contributed by atoms with Crippen LogP contribution in [0.5, 0.6) is 0 Å². The summed E-state index contributed by atoms with van der Waals surface area (Å²) in [4.78, 5) is 23.1. The van der Waals surface area contributed by atoms with E-state index in [4.69, 9.17) is 4.74 Å². The molecule has 1 aliphatic rings. The van der Waals surface area contributed by atoms with Crippen molar-refractivity contribution in [3.63, 3.8) is 0 Å². The summed E-state index contributed by atoms with van der Waals surface area (Å²) in [7, 11) is 0. The molecule has 0 aromatic heterocycles. The van der Waals surface area contributed by atoms with Crippen LogP contribution in [-0.2, 0) is 4.74 Å². The summed E-state index contributed by atoms with van der Waals surface area (Å²) in [6.45, 7) is 0.180. The molecule has 1 aliphatic carbocycles. The average molecular weight is 399 g/mol. The second-order valence-electron chi connectivity index (χ2n) is 6.80. The predicted octanol–water partition coefficient (Wildman–Crippen LogP) is 4.53. The quantitative estimate of drug-likeness (QED) is 0.518. The fraction of sp³-hybridized carbons (Fsp3) is 0.120. The molecule has 4 nitrogen and oxygen atoms in total. The van der Waals surface area contributed by atoms with Gasteiger partial charge in [-0.25, -0.2) is 9.18 Å². The van der Waals surface area contributed by atoms with E-state index in [0.29, 0.717) is 6.29 Å². The lowest BCUT2D eigenvalue weighted by Crippen LogP contribution is -2.26. The van der Waals surface area contributed by atoms with Gasteiger partial charge in [-0.2, -0.15) is 0 Å². The summed E-state index contributed by atoms with van der Waals surface area (Å²) < 4.78 is 19.2. The van der Waals surface area contributed by atoms with E-state index in [2.05, 4.69) is 29.3 Å². The van der Waals surface area contributed by atoms with Crippen LogP contribution in [-0.4, -0.2) is 25.5 Å². The van der Waals surface area contributed by atoms with E-state index in [1.807, 2.05) is 36.4 Å². The molecule has 4 rings (SSSR count). The number of halogens is 1. The molecular weight excluding hydrogens is 381 g/mol. The monoisotopic (exact) mass is 399 g/mol. The van der Waals surface area contributed by atoms with Crippen molar-refractivity contribution in [1.82, 2.24) is 5.32 Å². The second-order valence-corrected chi connectivity index (χ2v) is 6.80. The first-order chi connectivity index (χ1) is 14.7. The highest BCUT2D eigenvalue weighted by atomic mass is 19.1. The van der Waals surface area contributed by atoms with E-state index < -0.39 is 11.9 Å². The standard InChI is InChI=1S/C25H18FNO3/c26-24-13-5-7-17(15-28)18(24)12-6-14-27-25(29)30-16-23-21-10-3-1-8-19(21)20-9-2-4-11-22(20)23/h1-5,7-11,13,15,23H,14,16H2,(H,27,29). The molecule has 0 heterocycles. The van der Waals surface area contributed by atoms with Gasteiger partial charge in [-0.1, -0.05) is 72.5 Å². The topological polar surface area (TPSA) is 55.4 Å². The summed E-state index contributed by atoms with van der Waals surface area (Å²) in [5, 5.41) is 2.54. The Kier molecular flexibility index (Phi) is 5.58. The smallest absolute Gasteiger partial charge is 0.407 e. The van der Waals surface area contributed by atoms with Gasteiger partial charge in [0.15, 0.2) is 6.29 Å². The lowest BCUT2D eigenvalue weighted by atomic mass is 9.98. The van der Waals surface area contributed by atoms with Crippen LogP contribution in [0.1, 0.15) is 33.0 Å². The Labute approximate surface area is 173 Å². The molecule has 0 spiro atoms. The highest BCUT2D eigenvalue weighted by molar-refractivity contribution is 5.80. The number of hydrogen-bond donors (Lipinski definition) is 1. The van der Waals surface area contributed by atoms with Crippen molar-refractivity contribution in [2.75, 3.05) is 13.2 Å². The maximum Gasteiger partial charge on any atom is 0.407 e. The van der Waals surface area contributed by atoms with Crippen molar-refractivity contribution in [2.45, 2.75) is 5.92 Å². The van der Waals surface area contributed by atoms with Crippen LogP contribution < -0.4 is 5.32 Å². The highest BCUT2D eigenvalue weighted by Gasteiger charge is 2.28. The van der Waals surface area contributed by atoms with Crippen LogP contribution in [0.25, 0.3) is 11.1 Å². The van der Waals surface area contributed by atoms with E-state index >= 15 is 0 Å². The Bertz CT molecular complexity index is 1130. The summed E-state index contributed by atoms with van der Waals surface area (Å²) in [5.74, 6) is 4.63. The zero-order chi connectivity index (χ0) is 20.9. The second kappa shape index (κ2) is 8.62. The molecular formula is C25H18FNO3. The maximum absolute atomic E-state index is 13.8. The number of hydrogen-bond acceptors (Lipinski definition) is 3. The molecule has 3 aromatic rings. The Hall–Kier alpha value is -3.91. The van der Waals surface area contributed by atoms with Crippen LogP contribution in [0, 0.1) is 17.7 Å². The third-order valence-corrected chi connectivity index (χ3v) is 5.05. The molecule has 0 radical (unpaired) electrons. The largest absolute Gasteiger partial charge is 0.449 e. The first kappa shape index (κ1) is 19.4. The Morgan fingerprint density at radius 3 is 2.33 bits per heavy atom. The van der Waals surface area contributed by atoms with Gasteiger partial charge in [0.05, 0.1) is 12.1 Å². The van der Waals surface area contributed by atoms with E-state index in [1.54, 1.807) is 0 Å². The first-order valence-electron chi connectivity index (χ1n) is 9.50. The Morgan fingerprint density at radius 2 is 1.67 bits per heavy atom. The van der Waals surface area contributed by atoms with Gasteiger partial charge in [0, 0.05) is 11.5 Å². The van der Waals surface area contributed by atoms with Gasteiger partial charge in [0.2, 0.25) is 0 Å². The molecule has 1 N–H and O–H groups in total. The van der Waals surface area contributed by atoms with Crippen molar-refractivity contribution in [1.29, 1.82) is 0 Å². The number of amides is 1. The summed E-state index contributed by atoms with van der Waals surface area (Å²) in [5.41, 5.74) is 4.76. The molecule has 0 bridgehead atoms. The van der Waals surface area contributed by atoms with Crippen molar-refractivity contribution < 1.29 is 18.7 Å². The van der Waals surface area contributed by atoms with E-state index in [9.17, 15) is 14.0 Å². The van der Waals surface area contributed by atoms with E-state index in [-0.39, 0.29) is 30.2 Å². The molecule has 1 amide bonds. The molecule has 30 heavy (non-hydrogen) atoms. The SMILES string of the molecule is O=Cc1cccc(F)c1C#CCNC(=O)OCC1c2ccccc2-c2ccccc21. The minimum atomic E-state index is -0.602. The normalized spacial score (nSPS) is 11.6. The van der Waals surface area contributed by atoms with Crippen molar-refractivity contribution >= 4 is 12.4 Å². The Morgan fingerprint density at radius 1 is 1.00 bits per heavy atom. The van der Waals surface area contributed by atoms with Gasteiger partial charge in [-0.3, -0.25) is 4.79 Å². The number of aldehydes is 1. The molecule has 0 saturated heterocycles. The number of benzene rings is 3. The molecule has 0 aliphatic heterocycles. The summed E-state index contributed by atoms with van der Waals surface area (Å²) >= 11 is 0. The number of rotatable bonds is 4. The van der Waals surface area contributed by atoms with Crippen molar-refractivity contribution in [3.05, 3.63) is 94.8 Å². The minimum absolute atomic E-state index is 0.0156. The van der Waals surface area contributed by atoms with E-state index in [0.717, 1.165) is 22.3 Å². The average Bonchev–Trinajstić information content (AvgIpc) is 3.10. The van der Waals surface area contributed by atoms with Gasteiger partial charge in [0.1, 0.15) is 12.4 Å². The lowest BCUT2D eigenvalue weighted by Gasteiger charge is -2.14. The van der Waals surface area contributed by atoms with Gasteiger partial charge in [-0.05, 0) is 28.3 Å². The molecule has 0 saturated carbocycles. The van der Waals surface area contributed by atoms with Crippen LogP contribution in [0.2, 0.25) is 0 Å². The summed E-state index contributed by atoms with van der Waals surface area (Å²) in [6, 6.07) is 20.3. The van der Waals surface area contributed by atoms with Gasteiger partial charge in [0.25, 0.3) is 0 Å². The number of alkyl carbamates (subject to hydrolysis) is 1. The number of nitrogens with one attached hydrogen (secondary N) is 1. The van der Waals surface area contributed by atoms with Crippen molar-refractivity contribution in [2.24, 2.45) is 0 Å².